The zero-order valence-corrected chi connectivity index (χ0v) is 12.4. The molecule has 5 nitrogen and oxygen atoms in total. The van der Waals surface area contributed by atoms with Crippen molar-refractivity contribution in [2.24, 2.45) is 11.7 Å². The van der Waals surface area contributed by atoms with Crippen molar-refractivity contribution < 1.29 is 9.21 Å². The molecule has 1 aliphatic rings. The van der Waals surface area contributed by atoms with Crippen molar-refractivity contribution in [2.45, 2.75) is 45.1 Å². The Kier molecular flexibility index (Phi) is 3.68. The number of oxazole rings is 1. The second-order valence-electron chi connectivity index (χ2n) is 5.91. The van der Waals surface area contributed by atoms with E-state index in [0.717, 1.165) is 30.7 Å². The average Bonchev–Trinajstić information content (AvgIpc) is 3.25. The van der Waals surface area contributed by atoms with Gasteiger partial charge in [0.2, 0.25) is 5.91 Å². The maximum Gasteiger partial charge on any atom is 0.241 e. The van der Waals surface area contributed by atoms with Gasteiger partial charge in [0.1, 0.15) is 5.52 Å². The first-order valence-corrected chi connectivity index (χ1v) is 7.55. The Hall–Kier alpha value is -1.88. The molecule has 1 aliphatic carbocycles. The van der Waals surface area contributed by atoms with Crippen molar-refractivity contribution in [1.82, 2.24) is 4.98 Å². The summed E-state index contributed by atoms with van der Waals surface area (Å²) in [4.78, 5) is 16.6. The van der Waals surface area contributed by atoms with E-state index in [9.17, 15) is 4.79 Å². The van der Waals surface area contributed by atoms with Gasteiger partial charge in [0.15, 0.2) is 11.5 Å². The van der Waals surface area contributed by atoms with Gasteiger partial charge in [-0.1, -0.05) is 20.3 Å². The number of benzene rings is 1. The van der Waals surface area contributed by atoms with E-state index in [1.165, 1.54) is 0 Å². The van der Waals surface area contributed by atoms with Crippen LogP contribution in [0.25, 0.3) is 11.1 Å². The second kappa shape index (κ2) is 5.48. The summed E-state index contributed by atoms with van der Waals surface area (Å²) < 4.78 is 5.75. The molecule has 0 bridgehead atoms. The van der Waals surface area contributed by atoms with Crippen molar-refractivity contribution in [1.29, 1.82) is 0 Å². The van der Waals surface area contributed by atoms with Crippen LogP contribution in [-0.2, 0) is 4.79 Å². The lowest BCUT2D eigenvalue weighted by Gasteiger charge is -2.17. The van der Waals surface area contributed by atoms with Crippen LogP contribution in [0.4, 0.5) is 5.69 Å². The molecule has 21 heavy (non-hydrogen) atoms. The molecule has 5 heteroatoms. The fourth-order valence-corrected chi connectivity index (χ4v) is 2.26. The fraction of sp³-hybridized carbons (Fsp3) is 0.500. The number of hydrogen-bond donors (Lipinski definition) is 2. The van der Waals surface area contributed by atoms with Gasteiger partial charge >= 0.3 is 0 Å². The van der Waals surface area contributed by atoms with Gasteiger partial charge in [0.25, 0.3) is 0 Å². The van der Waals surface area contributed by atoms with Crippen LogP contribution >= 0.6 is 0 Å². The minimum Gasteiger partial charge on any atom is -0.440 e. The molecule has 1 aromatic carbocycles. The standard InChI is InChI=1S/C16H21N3O2/c1-3-9(2)14(17)15(20)18-11-6-7-12-13(8-11)21-16(19-12)10-4-5-10/h6-10,14H,3-5,17H2,1-2H3,(H,18,20). The Balaban J connectivity index is 1.76. The number of nitrogens with zero attached hydrogens (tertiary/aromatic N) is 1. The third-order valence-corrected chi connectivity index (χ3v) is 4.16. The van der Waals surface area contributed by atoms with E-state index in [4.69, 9.17) is 10.2 Å². The maximum atomic E-state index is 12.1. The summed E-state index contributed by atoms with van der Waals surface area (Å²) in [6.45, 7) is 4.00. The first-order chi connectivity index (χ1) is 10.1. The van der Waals surface area contributed by atoms with Crippen molar-refractivity contribution >= 4 is 22.7 Å². The number of anilines is 1. The first kappa shape index (κ1) is 14.1. The van der Waals surface area contributed by atoms with E-state index in [1.807, 2.05) is 32.0 Å². The van der Waals surface area contributed by atoms with Crippen molar-refractivity contribution in [2.75, 3.05) is 5.32 Å². The third kappa shape index (κ3) is 2.93. The minimum atomic E-state index is -0.498. The van der Waals surface area contributed by atoms with Gasteiger partial charge in [-0.3, -0.25) is 4.79 Å². The van der Waals surface area contributed by atoms with Crippen LogP contribution in [0, 0.1) is 5.92 Å². The Morgan fingerprint density at radius 3 is 2.95 bits per heavy atom. The van der Waals surface area contributed by atoms with Crippen LogP contribution in [0.2, 0.25) is 0 Å². The van der Waals surface area contributed by atoms with Gasteiger partial charge in [-0.2, -0.15) is 0 Å². The largest absolute Gasteiger partial charge is 0.440 e. The van der Waals surface area contributed by atoms with Crippen LogP contribution in [0.15, 0.2) is 22.6 Å². The Morgan fingerprint density at radius 1 is 1.52 bits per heavy atom. The first-order valence-electron chi connectivity index (χ1n) is 7.55. The van der Waals surface area contributed by atoms with Crippen molar-refractivity contribution in [3.8, 4) is 0 Å². The van der Waals surface area contributed by atoms with Gasteiger partial charge < -0.3 is 15.5 Å². The van der Waals surface area contributed by atoms with E-state index in [1.54, 1.807) is 0 Å². The smallest absolute Gasteiger partial charge is 0.241 e. The molecule has 0 aliphatic heterocycles. The van der Waals surface area contributed by atoms with Gasteiger partial charge in [0, 0.05) is 17.7 Å². The molecular formula is C16H21N3O2. The van der Waals surface area contributed by atoms with Crippen LogP contribution in [0.1, 0.15) is 44.9 Å². The third-order valence-electron chi connectivity index (χ3n) is 4.16. The predicted octanol–water partition coefficient (Wildman–Crippen LogP) is 3.02. The number of nitrogens with one attached hydrogen (secondary N) is 1. The number of carbonyl (C=O) groups excluding carboxylic acids is 1. The Morgan fingerprint density at radius 2 is 2.29 bits per heavy atom. The van der Waals surface area contributed by atoms with E-state index in [0.29, 0.717) is 17.2 Å². The molecule has 1 saturated carbocycles. The Labute approximate surface area is 123 Å². The minimum absolute atomic E-state index is 0.153. The molecular weight excluding hydrogens is 266 g/mol. The van der Waals surface area contributed by atoms with E-state index in [2.05, 4.69) is 10.3 Å². The molecule has 1 fully saturated rings. The number of nitrogens with two attached hydrogens (primary N) is 1. The zero-order valence-electron chi connectivity index (χ0n) is 12.4. The van der Waals surface area contributed by atoms with Crippen LogP contribution in [-0.4, -0.2) is 16.9 Å². The molecule has 2 atom stereocenters. The quantitative estimate of drug-likeness (QED) is 0.885. The van der Waals surface area contributed by atoms with Crippen molar-refractivity contribution in [3.05, 3.63) is 24.1 Å². The summed E-state index contributed by atoms with van der Waals surface area (Å²) in [6.07, 6.45) is 3.18. The number of aromatic nitrogens is 1. The maximum absolute atomic E-state index is 12.1. The lowest BCUT2D eigenvalue weighted by molar-refractivity contribution is -0.118. The van der Waals surface area contributed by atoms with Gasteiger partial charge in [-0.15, -0.1) is 0 Å². The fourth-order valence-electron chi connectivity index (χ4n) is 2.26. The summed E-state index contributed by atoms with van der Waals surface area (Å²) in [7, 11) is 0. The number of carbonyl (C=O) groups is 1. The number of hydrogen-bond acceptors (Lipinski definition) is 4. The molecule has 1 heterocycles. The summed E-state index contributed by atoms with van der Waals surface area (Å²) in [5, 5.41) is 2.85. The highest BCUT2D eigenvalue weighted by molar-refractivity contribution is 5.96. The van der Waals surface area contributed by atoms with Crippen LogP contribution < -0.4 is 11.1 Å². The molecule has 0 spiro atoms. The highest BCUT2D eigenvalue weighted by Crippen LogP contribution is 2.40. The van der Waals surface area contributed by atoms with Crippen LogP contribution in [0.5, 0.6) is 0 Å². The summed E-state index contributed by atoms with van der Waals surface area (Å²) >= 11 is 0. The molecule has 2 unspecified atom stereocenters. The molecule has 0 saturated heterocycles. The van der Waals surface area contributed by atoms with E-state index < -0.39 is 6.04 Å². The second-order valence-corrected chi connectivity index (χ2v) is 5.91. The average molecular weight is 287 g/mol. The molecule has 3 N–H and O–H groups in total. The number of fused-ring (bicyclic) bond motifs is 1. The van der Waals surface area contributed by atoms with Gasteiger partial charge in [0.05, 0.1) is 6.04 Å². The zero-order chi connectivity index (χ0) is 15.0. The molecule has 2 aromatic rings. The molecule has 0 radical (unpaired) electrons. The molecule has 1 amide bonds. The monoisotopic (exact) mass is 287 g/mol. The number of rotatable bonds is 5. The van der Waals surface area contributed by atoms with Gasteiger partial charge in [-0.25, -0.2) is 4.98 Å². The highest BCUT2D eigenvalue weighted by atomic mass is 16.3. The summed E-state index contributed by atoms with van der Waals surface area (Å²) in [5.41, 5.74) is 8.18. The van der Waals surface area contributed by atoms with Crippen LogP contribution in [0.3, 0.4) is 0 Å². The molecule has 3 rings (SSSR count). The summed E-state index contributed by atoms with van der Waals surface area (Å²) in [5.74, 6) is 1.28. The van der Waals surface area contributed by atoms with Gasteiger partial charge in [-0.05, 0) is 30.9 Å². The molecule has 1 aromatic heterocycles. The molecule has 112 valence electrons. The highest BCUT2D eigenvalue weighted by Gasteiger charge is 2.29. The van der Waals surface area contributed by atoms with E-state index >= 15 is 0 Å². The topological polar surface area (TPSA) is 81.2 Å². The Bertz CT molecular complexity index is 661. The van der Waals surface area contributed by atoms with Crippen molar-refractivity contribution in [3.63, 3.8) is 0 Å². The predicted molar refractivity (Wildman–Crippen MR) is 82.0 cm³/mol. The lowest BCUT2D eigenvalue weighted by Crippen LogP contribution is -2.40. The SMILES string of the molecule is CCC(C)C(N)C(=O)Nc1ccc2nc(C3CC3)oc2c1. The lowest BCUT2D eigenvalue weighted by atomic mass is 9.99. The normalized spacial score (nSPS) is 17.7. The van der Waals surface area contributed by atoms with E-state index in [-0.39, 0.29) is 11.8 Å². The number of amides is 1. The summed E-state index contributed by atoms with van der Waals surface area (Å²) in [6, 6.07) is 5.02.